The van der Waals surface area contributed by atoms with Gasteiger partial charge in [0.15, 0.2) is 0 Å². The summed E-state index contributed by atoms with van der Waals surface area (Å²) in [6, 6.07) is 0. The lowest BCUT2D eigenvalue weighted by Crippen LogP contribution is -2.12. The highest BCUT2D eigenvalue weighted by atomic mass is 31.2. The van der Waals surface area contributed by atoms with E-state index >= 15 is 0 Å². The molecule has 1 unspecified atom stereocenters. The summed E-state index contributed by atoms with van der Waals surface area (Å²) in [5.41, 5.74) is -0.152. The highest BCUT2D eigenvalue weighted by Crippen LogP contribution is 2.45. The summed E-state index contributed by atoms with van der Waals surface area (Å²) < 4.78 is 15.4. The molecule has 4 heteroatoms. The van der Waals surface area contributed by atoms with Gasteiger partial charge in [-0.25, -0.2) is 0 Å². The summed E-state index contributed by atoms with van der Waals surface area (Å²) in [6.45, 7) is 5.69. The molecule has 0 aliphatic rings. The van der Waals surface area contributed by atoms with Gasteiger partial charge in [-0.15, -0.1) is 0 Å². The molecule has 0 saturated heterocycles. The summed E-state index contributed by atoms with van der Waals surface area (Å²) in [6.07, 6.45) is 0.205. The first-order valence-electron chi connectivity index (χ1n) is 3.14. The Balaban J connectivity index is 4.03. The van der Waals surface area contributed by atoms with Gasteiger partial charge in [0.1, 0.15) is 0 Å². The van der Waals surface area contributed by atoms with E-state index in [2.05, 4.69) is 4.52 Å². The van der Waals surface area contributed by atoms with Gasteiger partial charge in [0, 0.05) is 7.11 Å². The van der Waals surface area contributed by atoms with Crippen molar-refractivity contribution in [3.63, 3.8) is 0 Å². The SMILES string of the molecule is COP(=O)(O)CC(C)(C)C. The van der Waals surface area contributed by atoms with Gasteiger partial charge < -0.3 is 9.42 Å². The first kappa shape index (κ1) is 10.2. The molecular formula is C6H15O3P. The average Bonchev–Trinajstić information content (AvgIpc) is 1.60. The lowest BCUT2D eigenvalue weighted by Gasteiger charge is -2.20. The first-order chi connectivity index (χ1) is 4.27. The van der Waals surface area contributed by atoms with Crippen molar-refractivity contribution >= 4 is 7.60 Å². The van der Waals surface area contributed by atoms with E-state index in [1.54, 1.807) is 0 Å². The van der Waals surface area contributed by atoms with Gasteiger partial charge in [-0.3, -0.25) is 4.57 Å². The molecule has 0 spiro atoms. The van der Waals surface area contributed by atoms with Crippen LogP contribution >= 0.6 is 7.60 Å². The van der Waals surface area contributed by atoms with Crippen LogP contribution in [0.2, 0.25) is 0 Å². The minimum absolute atomic E-state index is 0.152. The summed E-state index contributed by atoms with van der Waals surface area (Å²) in [5.74, 6) is 0. The van der Waals surface area contributed by atoms with Gasteiger partial charge in [0.25, 0.3) is 0 Å². The Morgan fingerprint density at radius 3 is 2.00 bits per heavy atom. The van der Waals surface area contributed by atoms with E-state index in [-0.39, 0.29) is 11.6 Å². The molecule has 3 nitrogen and oxygen atoms in total. The summed E-state index contributed by atoms with van der Waals surface area (Å²) in [7, 11) is -2.04. The van der Waals surface area contributed by atoms with E-state index in [1.165, 1.54) is 7.11 Å². The molecule has 0 amide bonds. The molecule has 0 aromatic carbocycles. The number of rotatable bonds is 2. The van der Waals surface area contributed by atoms with Gasteiger partial charge in [-0.05, 0) is 5.41 Å². The van der Waals surface area contributed by atoms with E-state index < -0.39 is 7.60 Å². The zero-order valence-electron chi connectivity index (χ0n) is 6.92. The maximum Gasteiger partial charge on any atom is 0.328 e. The fourth-order valence-electron chi connectivity index (χ4n) is 0.664. The van der Waals surface area contributed by atoms with Crippen molar-refractivity contribution in [1.82, 2.24) is 0 Å². The molecule has 1 N–H and O–H groups in total. The average molecular weight is 166 g/mol. The Morgan fingerprint density at radius 2 is 1.90 bits per heavy atom. The Bertz CT molecular complexity index is 148. The highest BCUT2D eigenvalue weighted by Gasteiger charge is 2.25. The van der Waals surface area contributed by atoms with Crippen molar-refractivity contribution in [2.75, 3.05) is 13.3 Å². The third-order valence-electron chi connectivity index (χ3n) is 0.959. The summed E-state index contributed by atoms with van der Waals surface area (Å²) >= 11 is 0. The van der Waals surface area contributed by atoms with Crippen LogP contribution in [-0.4, -0.2) is 18.2 Å². The van der Waals surface area contributed by atoms with Crippen LogP contribution in [0.25, 0.3) is 0 Å². The van der Waals surface area contributed by atoms with E-state index in [9.17, 15) is 4.57 Å². The van der Waals surface area contributed by atoms with Crippen LogP contribution < -0.4 is 0 Å². The normalized spacial score (nSPS) is 18.5. The predicted octanol–water partition coefficient (Wildman–Crippen LogP) is 1.86. The Morgan fingerprint density at radius 1 is 1.50 bits per heavy atom. The van der Waals surface area contributed by atoms with Gasteiger partial charge in [-0.2, -0.15) is 0 Å². The largest absolute Gasteiger partial charge is 0.328 e. The van der Waals surface area contributed by atoms with Gasteiger partial charge in [-0.1, -0.05) is 20.8 Å². The van der Waals surface area contributed by atoms with E-state index in [1.807, 2.05) is 20.8 Å². The molecule has 0 rings (SSSR count). The molecule has 0 aliphatic carbocycles. The molecule has 0 aliphatic heterocycles. The lowest BCUT2D eigenvalue weighted by molar-refractivity contribution is 0.297. The molecule has 0 radical (unpaired) electrons. The summed E-state index contributed by atoms with van der Waals surface area (Å²) in [4.78, 5) is 8.99. The van der Waals surface area contributed by atoms with Gasteiger partial charge >= 0.3 is 7.60 Å². The maximum absolute atomic E-state index is 10.9. The van der Waals surface area contributed by atoms with Crippen molar-refractivity contribution in [3.8, 4) is 0 Å². The molecular weight excluding hydrogens is 151 g/mol. The van der Waals surface area contributed by atoms with Crippen LogP contribution in [0, 0.1) is 5.41 Å². The van der Waals surface area contributed by atoms with Crippen molar-refractivity contribution in [1.29, 1.82) is 0 Å². The lowest BCUT2D eigenvalue weighted by atomic mass is 10.0. The van der Waals surface area contributed by atoms with Crippen LogP contribution in [0.5, 0.6) is 0 Å². The molecule has 0 aromatic rings. The van der Waals surface area contributed by atoms with Crippen molar-refractivity contribution in [2.24, 2.45) is 5.41 Å². The van der Waals surface area contributed by atoms with Crippen LogP contribution in [0.15, 0.2) is 0 Å². The van der Waals surface area contributed by atoms with Crippen LogP contribution in [0.4, 0.5) is 0 Å². The molecule has 0 bridgehead atoms. The summed E-state index contributed by atoms with van der Waals surface area (Å²) in [5, 5.41) is 0. The van der Waals surface area contributed by atoms with Crippen LogP contribution in [0.3, 0.4) is 0 Å². The molecule has 0 saturated carbocycles. The van der Waals surface area contributed by atoms with Crippen LogP contribution in [0.1, 0.15) is 20.8 Å². The quantitative estimate of drug-likeness (QED) is 0.637. The molecule has 62 valence electrons. The molecule has 10 heavy (non-hydrogen) atoms. The third kappa shape index (κ3) is 4.98. The van der Waals surface area contributed by atoms with E-state index in [4.69, 9.17) is 4.89 Å². The highest BCUT2D eigenvalue weighted by molar-refractivity contribution is 7.52. The number of hydrogen-bond acceptors (Lipinski definition) is 2. The fraction of sp³-hybridized carbons (Fsp3) is 1.00. The smallest absolute Gasteiger partial charge is 0.324 e. The molecule has 1 atom stereocenters. The standard InChI is InChI=1S/C6H15O3P/c1-6(2,3)5-10(7,8)9-4/h5H2,1-4H3,(H,7,8). The zero-order chi connectivity index (χ0) is 8.41. The predicted molar refractivity (Wildman–Crippen MR) is 41.2 cm³/mol. The minimum Gasteiger partial charge on any atom is -0.324 e. The zero-order valence-corrected chi connectivity index (χ0v) is 7.81. The van der Waals surface area contributed by atoms with Gasteiger partial charge in [0.2, 0.25) is 0 Å². The van der Waals surface area contributed by atoms with Crippen molar-refractivity contribution in [2.45, 2.75) is 20.8 Å². The maximum atomic E-state index is 10.9. The monoisotopic (exact) mass is 166 g/mol. The second kappa shape index (κ2) is 3.04. The van der Waals surface area contributed by atoms with E-state index in [0.717, 1.165) is 0 Å². The second-order valence-electron chi connectivity index (χ2n) is 3.54. The first-order valence-corrected chi connectivity index (χ1v) is 4.91. The van der Waals surface area contributed by atoms with Crippen molar-refractivity contribution in [3.05, 3.63) is 0 Å². The second-order valence-corrected chi connectivity index (χ2v) is 5.50. The van der Waals surface area contributed by atoms with Crippen LogP contribution in [-0.2, 0) is 9.09 Å². The molecule has 0 aromatic heterocycles. The minimum atomic E-state index is -3.29. The van der Waals surface area contributed by atoms with Gasteiger partial charge in [0.05, 0.1) is 6.16 Å². The van der Waals surface area contributed by atoms with E-state index in [0.29, 0.717) is 0 Å². The Hall–Kier alpha value is 0.150. The van der Waals surface area contributed by atoms with Crippen molar-refractivity contribution < 1.29 is 14.0 Å². The Kier molecular flexibility index (Phi) is 3.08. The Labute approximate surface area is 61.9 Å². The number of hydrogen-bond donors (Lipinski definition) is 1. The third-order valence-corrected chi connectivity index (χ3v) is 2.88. The fourth-order valence-corrected chi connectivity index (χ4v) is 1.99. The topological polar surface area (TPSA) is 46.5 Å². The molecule has 0 heterocycles. The molecule has 0 fully saturated rings.